The van der Waals surface area contributed by atoms with Gasteiger partial charge in [0, 0.05) is 6.42 Å². The lowest BCUT2D eigenvalue weighted by Crippen LogP contribution is -2.46. The summed E-state index contributed by atoms with van der Waals surface area (Å²) in [5.74, 6) is -0.642. The fraction of sp³-hybridized carbons (Fsp3) is 0.733. The van der Waals surface area contributed by atoms with Crippen LogP contribution in [0.2, 0.25) is 0 Å². The maximum atomic E-state index is 13.2. The van der Waals surface area contributed by atoms with E-state index in [-0.39, 0.29) is 24.9 Å². The van der Waals surface area contributed by atoms with Crippen LogP contribution in [0, 0.1) is 0 Å². The van der Waals surface area contributed by atoms with E-state index < -0.39 is 18.2 Å². The smallest absolute Gasteiger partial charge is 0.306 e. The number of rotatable bonds is 49. The minimum absolute atomic E-state index is 0.0455. The zero-order chi connectivity index (χ0) is 48.1. The lowest BCUT2D eigenvalue weighted by molar-refractivity contribution is -0.148. The van der Waals surface area contributed by atoms with E-state index >= 15 is 0 Å². The van der Waals surface area contributed by atoms with E-state index in [4.69, 9.17) is 4.74 Å². The average Bonchev–Trinajstić information content (AvgIpc) is 3.31. The Bertz CT molecular complexity index is 1260. The van der Waals surface area contributed by atoms with Gasteiger partial charge in [0.05, 0.1) is 25.2 Å². The topological polar surface area (TPSA) is 95.9 Å². The van der Waals surface area contributed by atoms with E-state index in [2.05, 4.69) is 99.0 Å². The van der Waals surface area contributed by atoms with Gasteiger partial charge < -0.3 is 20.3 Å². The number of carbonyl (C=O) groups excluding carboxylic acids is 2. The lowest BCUT2D eigenvalue weighted by Gasteiger charge is -2.23. The first-order valence-corrected chi connectivity index (χ1v) is 27.8. The molecule has 0 aliphatic carbocycles. The zero-order valence-electron chi connectivity index (χ0n) is 43.3. The van der Waals surface area contributed by atoms with Crippen LogP contribution in [0.25, 0.3) is 0 Å². The number of aliphatic hydroxyl groups is 2. The van der Waals surface area contributed by atoms with E-state index in [0.29, 0.717) is 19.3 Å². The number of aliphatic hydroxyl groups excluding tert-OH is 2. The molecule has 0 aliphatic rings. The summed E-state index contributed by atoms with van der Waals surface area (Å²) < 4.78 is 5.82. The van der Waals surface area contributed by atoms with Gasteiger partial charge >= 0.3 is 5.97 Å². The molecule has 380 valence electrons. The number of nitrogens with one attached hydrogen (secondary N) is 1. The summed E-state index contributed by atoms with van der Waals surface area (Å²) in [4.78, 5) is 26.1. The SMILES string of the molecule is CC/C=C\C/C=C\C/C=C\C/C=C\C/C=C\CCCCCC(=O)OC(/C=C/C/C=C\CCCCCCCC)CC(=O)NC(CO)C(O)CCCCCCCCCCCCCCCCCCC. The average molecular weight is 921 g/mol. The maximum absolute atomic E-state index is 13.2. The van der Waals surface area contributed by atoms with Crippen molar-refractivity contribution in [1.82, 2.24) is 5.32 Å². The molecule has 0 radical (unpaired) electrons. The van der Waals surface area contributed by atoms with Gasteiger partial charge in [0.15, 0.2) is 0 Å². The Morgan fingerprint density at radius 2 is 0.848 bits per heavy atom. The van der Waals surface area contributed by atoms with Gasteiger partial charge in [-0.15, -0.1) is 0 Å². The summed E-state index contributed by atoms with van der Waals surface area (Å²) in [7, 11) is 0. The number of amides is 1. The number of allylic oxidation sites excluding steroid dienone is 13. The summed E-state index contributed by atoms with van der Waals surface area (Å²) in [6.07, 6.45) is 69.7. The van der Waals surface area contributed by atoms with Crippen molar-refractivity contribution >= 4 is 11.9 Å². The summed E-state index contributed by atoms with van der Waals surface area (Å²) in [6.45, 7) is 6.33. The van der Waals surface area contributed by atoms with Crippen molar-refractivity contribution in [1.29, 1.82) is 0 Å². The molecule has 0 saturated carbocycles. The number of carbonyl (C=O) groups is 2. The Morgan fingerprint density at radius 1 is 0.470 bits per heavy atom. The molecule has 3 atom stereocenters. The molecular formula is C60H105NO5. The third-order valence-electron chi connectivity index (χ3n) is 12.2. The summed E-state index contributed by atoms with van der Waals surface area (Å²) in [5.41, 5.74) is 0. The van der Waals surface area contributed by atoms with E-state index in [1.54, 1.807) is 0 Å². The van der Waals surface area contributed by atoms with Crippen LogP contribution in [0.3, 0.4) is 0 Å². The van der Waals surface area contributed by atoms with Crippen molar-refractivity contribution in [3.8, 4) is 0 Å². The van der Waals surface area contributed by atoms with E-state index in [1.165, 1.54) is 128 Å². The quantitative estimate of drug-likeness (QED) is 0.0321. The predicted molar refractivity (Wildman–Crippen MR) is 287 cm³/mol. The van der Waals surface area contributed by atoms with Gasteiger partial charge in [0.25, 0.3) is 0 Å². The van der Waals surface area contributed by atoms with Crippen molar-refractivity contribution < 1.29 is 24.5 Å². The number of ether oxygens (including phenoxy) is 1. The van der Waals surface area contributed by atoms with Crippen LogP contribution in [0.5, 0.6) is 0 Å². The molecule has 0 saturated heterocycles. The summed E-state index contributed by atoms with van der Waals surface area (Å²) in [5, 5.41) is 23.8. The van der Waals surface area contributed by atoms with Gasteiger partial charge in [-0.2, -0.15) is 0 Å². The number of unbranched alkanes of at least 4 members (excludes halogenated alkanes) is 25. The van der Waals surface area contributed by atoms with Gasteiger partial charge in [0.1, 0.15) is 6.10 Å². The highest BCUT2D eigenvalue weighted by Gasteiger charge is 2.23. The Morgan fingerprint density at radius 3 is 1.29 bits per heavy atom. The fourth-order valence-electron chi connectivity index (χ4n) is 8.01. The number of hydrogen-bond acceptors (Lipinski definition) is 5. The standard InChI is InChI=1S/C60H105NO5/c1-4-7-10-13-16-19-22-24-26-28-29-31-33-35-38-41-44-47-50-53-60(65)66-56(51-48-45-42-39-36-21-18-15-12-9-6-3)54-59(64)61-57(55-62)58(63)52-49-46-43-40-37-34-32-30-27-25-23-20-17-14-11-8-5-2/h7,10,16,19,24,26,29,31,35,38-39,42,48,51,56-58,62-63H,4-6,8-9,11-15,17-18,20-23,25,27-28,30,32-34,36-37,40-41,43-47,49-50,52-55H2,1-3H3,(H,61,64)/b10-7-,19-16-,26-24-,31-29-,38-35-,42-39-,51-48+. The van der Waals surface area contributed by atoms with E-state index in [1.807, 2.05) is 12.2 Å². The van der Waals surface area contributed by atoms with Gasteiger partial charge in [0.2, 0.25) is 5.91 Å². The van der Waals surface area contributed by atoms with Gasteiger partial charge in [-0.25, -0.2) is 0 Å². The molecule has 3 unspecified atom stereocenters. The van der Waals surface area contributed by atoms with Crippen molar-refractivity contribution in [3.63, 3.8) is 0 Å². The normalized spacial score (nSPS) is 13.8. The third-order valence-corrected chi connectivity index (χ3v) is 12.2. The number of hydrogen-bond donors (Lipinski definition) is 3. The fourth-order valence-corrected chi connectivity index (χ4v) is 8.01. The van der Waals surface area contributed by atoms with Crippen LogP contribution in [0.15, 0.2) is 85.1 Å². The monoisotopic (exact) mass is 920 g/mol. The van der Waals surface area contributed by atoms with Crippen LogP contribution >= 0.6 is 0 Å². The Kier molecular flexibility index (Phi) is 50.6. The molecular weight excluding hydrogens is 815 g/mol. The van der Waals surface area contributed by atoms with Crippen molar-refractivity contribution in [3.05, 3.63) is 85.1 Å². The second-order valence-corrected chi connectivity index (χ2v) is 18.6. The Balaban J connectivity index is 4.59. The molecule has 0 aromatic heterocycles. The molecule has 3 N–H and O–H groups in total. The van der Waals surface area contributed by atoms with Crippen molar-refractivity contribution in [2.45, 2.75) is 277 Å². The molecule has 0 fully saturated rings. The number of esters is 1. The summed E-state index contributed by atoms with van der Waals surface area (Å²) >= 11 is 0. The molecule has 0 heterocycles. The van der Waals surface area contributed by atoms with Crippen LogP contribution in [-0.4, -0.2) is 46.9 Å². The molecule has 0 aromatic rings. The van der Waals surface area contributed by atoms with Crippen LogP contribution in [0.1, 0.15) is 258 Å². The zero-order valence-corrected chi connectivity index (χ0v) is 43.3. The van der Waals surface area contributed by atoms with Crippen LogP contribution in [-0.2, 0) is 14.3 Å². The molecule has 0 spiro atoms. The second kappa shape index (κ2) is 53.0. The van der Waals surface area contributed by atoms with Crippen molar-refractivity contribution in [2.24, 2.45) is 0 Å². The minimum atomic E-state index is -0.821. The first-order chi connectivity index (χ1) is 32.5. The van der Waals surface area contributed by atoms with E-state index in [0.717, 1.165) is 83.5 Å². The van der Waals surface area contributed by atoms with Crippen LogP contribution < -0.4 is 5.32 Å². The van der Waals surface area contributed by atoms with Crippen molar-refractivity contribution in [2.75, 3.05) is 6.61 Å². The van der Waals surface area contributed by atoms with E-state index in [9.17, 15) is 19.8 Å². The van der Waals surface area contributed by atoms with Gasteiger partial charge in [-0.1, -0.05) is 247 Å². The molecule has 6 nitrogen and oxygen atoms in total. The Labute approximate surface area is 408 Å². The highest BCUT2D eigenvalue weighted by molar-refractivity contribution is 5.78. The first-order valence-electron chi connectivity index (χ1n) is 27.8. The molecule has 6 heteroatoms. The van der Waals surface area contributed by atoms with Gasteiger partial charge in [-0.3, -0.25) is 9.59 Å². The molecule has 66 heavy (non-hydrogen) atoms. The van der Waals surface area contributed by atoms with Gasteiger partial charge in [-0.05, 0) is 83.1 Å². The Hall–Kier alpha value is -2.96. The lowest BCUT2D eigenvalue weighted by atomic mass is 10.0. The predicted octanol–water partition coefficient (Wildman–Crippen LogP) is 17.1. The minimum Gasteiger partial charge on any atom is -0.458 e. The second-order valence-electron chi connectivity index (χ2n) is 18.6. The third kappa shape index (κ3) is 47.5. The molecule has 1 amide bonds. The highest BCUT2D eigenvalue weighted by atomic mass is 16.5. The molecule has 0 bridgehead atoms. The maximum Gasteiger partial charge on any atom is 0.306 e. The van der Waals surface area contributed by atoms with Crippen LogP contribution in [0.4, 0.5) is 0 Å². The summed E-state index contributed by atoms with van der Waals surface area (Å²) in [6, 6.07) is -0.744. The molecule has 0 rings (SSSR count). The highest BCUT2D eigenvalue weighted by Crippen LogP contribution is 2.16. The molecule has 0 aromatic carbocycles. The largest absolute Gasteiger partial charge is 0.458 e. The first kappa shape index (κ1) is 63.0. The molecule has 0 aliphatic heterocycles.